The summed E-state index contributed by atoms with van der Waals surface area (Å²) in [5, 5.41) is 5.03. The van der Waals surface area contributed by atoms with E-state index < -0.39 is 0 Å². The van der Waals surface area contributed by atoms with Crippen LogP contribution in [0.25, 0.3) is 0 Å². The summed E-state index contributed by atoms with van der Waals surface area (Å²) in [5.41, 5.74) is 5.06. The summed E-state index contributed by atoms with van der Waals surface area (Å²) in [6.07, 6.45) is 3.88. The first kappa shape index (κ1) is 24.3. The topological polar surface area (TPSA) is 62.2 Å². The van der Waals surface area contributed by atoms with E-state index >= 15 is 0 Å². The number of rotatable bonds is 12. The smallest absolute Gasteiger partial charge is 0.217 e. The fourth-order valence-electron chi connectivity index (χ4n) is 3.58. The molecule has 0 saturated carbocycles. The van der Waals surface area contributed by atoms with E-state index in [0.717, 1.165) is 70.0 Å². The maximum absolute atomic E-state index is 6.05. The zero-order chi connectivity index (χ0) is 22.6. The van der Waals surface area contributed by atoms with Gasteiger partial charge in [-0.15, -0.1) is 0 Å². The van der Waals surface area contributed by atoms with Crippen LogP contribution in [0.1, 0.15) is 32.3 Å². The highest BCUT2D eigenvalue weighted by Gasteiger charge is 2.12. The molecule has 0 bridgehead atoms. The summed E-state index contributed by atoms with van der Waals surface area (Å²) in [7, 11) is 0. The van der Waals surface area contributed by atoms with E-state index in [-0.39, 0.29) is 0 Å². The first-order valence-corrected chi connectivity index (χ1v) is 11.8. The van der Waals surface area contributed by atoms with E-state index in [2.05, 4.69) is 39.2 Å². The molecule has 7 nitrogen and oxygen atoms in total. The molecule has 2 heterocycles. The second-order valence-electron chi connectivity index (χ2n) is 7.76. The molecule has 8 heteroatoms. The Hall–Kier alpha value is -2.35. The predicted octanol–water partition coefficient (Wildman–Crippen LogP) is 4.52. The van der Waals surface area contributed by atoms with Crippen LogP contribution in [0.15, 0.2) is 41.5 Å². The normalized spacial score (nSPS) is 14.6. The molecule has 1 fully saturated rings. The van der Waals surface area contributed by atoms with E-state index in [1.807, 2.05) is 36.4 Å². The number of aromatic nitrogens is 1. The van der Waals surface area contributed by atoms with Crippen LogP contribution in [-0.4, -0.2) is 68.6 Å². The Morgan fingerprint density at radius 1 is 1.19 bits per heavy atom. The molecule has 1 aromatic heterocycles. The third kappa shape index (κ3) is 7.97. The van der Waals surface area contributed by atoms with E-state index in [9.17, 15) is 0 Å². The number of benzene rings is 1. The van der Waals surface area contributed by atoms with Crippen molar-refractivity contribution in [3.63, 3.8) is 0 Å². The maximum Gasteiger partial charge on any atom is 0.217 e. The van der Waals surface area contributed by atoms with Gasteiger partial charge in [-0.1, -0.05) is 37.6 Å². The Morgan fingerprint density at radius 3 is 2.69 bits per heavy atom. The van der Waals surface area contributed by atoms with E-state index in [1.165, 1.54) is 0 Å². The maximum atomic E-state index is 6.05. The number of ether oxygens (including phenoxy) is 2. The lowest BCUT2D eigenvalue weighted by atomic mass is 10.2. The van der Waals surface area contributed by atoms with Crippen molar-refractivity contribution in [2.24, 2.45) is 5.10 Å². The van der Waals surface area contributed by atoms with E-state index in [4.69, 9.17) is 21.1 Å². The Labute approximate surface area is 196 Å². The molecule has 0 spiro atoms. The summed E-state index contributed by atoms with van der Waals surface area (Å²) < 4.78 is 11.5. The molecule has 1 saturated heterocycles. The van der Waals surface area contributed by atoms with Crippen molar-refractivity contribution in [3.05, 3.63) is 47.0 Å². The van der Waals surface area contributed by atoms with Crippen molar-refractivity contribution in [2.45, 2.75) is 26.7 Å². The van der Waals surface area contributed by atoms with Crippen molar-refractivity contribution in [1.82, 2.24) is 9.88 Å². The van der Waals surface area contributed by atoms with Crippen LogP contribution in [0.5, 0.6) is 5.88 Å². The highest BCUT2D eigenvalue weighted by atomic mass is 35.5. The van der Waals surface area contributed by atoms with Gasteiger partial charge in [0.15, 0.2) is 5.82 Å². The summed E-state index contributed by atoms with van der Waals surface area (Å²) in [6, 6.07) is 11.6. The van der Waals surface area contributed by atoms with Gasteiger partial charge in [-0.3, -0.25) is 10.3 Å². The second-order valence-corrected chi connectivity index (χ2v) is 8.20. The van der Waals surface area contributed by atoms with Gasteiger partial charge >= 0.3 is 0 Å². The molecule has 0 atom stereocenters. The summed E-state index contributed by atoms with van der Waals surface area (Å²) in [4.78, 5) is 9.34. The van der Waals surface area contributed by atoms with Crippen LogP contribution < -0.4 is 15.1 Å². The van der Waals surface area contributed by atoms with Crippen LogP contribution in [0.2, 0.25) is 5.02 Å². The molecule has 2 aromatic rings. The van der Waals surface area contributed by atoms with Gasteiger partial charge in [0, 0.05) is 55.6 Å². The van der Waals surface area contributed by atoms with Crippen molar-refractivity contribution in [3.8, 4) is 5.88 Å². The first-order chi connectivity index (χ1) is 15.7. The monoisotopic (exact) mass is 459 g/mol. The zero-order valence-electron chi connectivity index (χ0n) is 19.1. The van der Waals surface area contributed by atoms with E-state index in [0.29, 0.717) is 23.3 Å². The minimum absolute atomic E-state index is 0.587. The number of hydrazone groups is 1. The minimum atomic E-state index is 0.587. The Bertz CT molecular complexity index is 852. The quantitative estimate of drug-likeness (QED) is 0.372. The molecule has 3 rings (SSSR count). The fraction of sp³-hybridized carbons (Fsp3) is 0.500. The molecule has 32 heavy (non-hydrogen) atoms. The number of morpholine rings is 1. The highest BCUT2D eigenvalue weighted by molar-refractivity contribution is 6.30. The van der Waals surface area contributed by atoms with Gasteiger partial charge in [0.25, 0.3) is 0 Å². The number of hydrogen-bond acceptors (Lipinski definition) is 7. The largest absolute Gasteiger partial charge is 0.476 e. The van der Waals surface area contributed by atoms with E-state index in [1.54, 1.807) is 6.21 Å². The molecule has 0 radical (unpaired) electrons. The number of halogens is 1. The number of anilines is 2. The molecule has 0 aliphatic carbocycles. The van der Waals surface area contributed by atoms with Crippen LogP contribution in [0, 0.1) is 0 Å². The zero-order valence-corrected chi connectivity index (χ0v) is 19.9. The Balaban J connectivity index is 1.71. The van der Waals surface area contributed by atoms with Crippen molar-refractivity contribution < 1.29 is 9.47 Å². The molecule has 1 N–H and O–H groups in total. The van der Waals surface area contributed by atoms with Gasteiger partial charge in [-0.25, -0.2) is 0 Å². The van der Waals surface area contributed by atoms with Crippen molar-refractivity contribution in [2.75, 3.05) is 62.9 Å². The third-order valence-electron chi connectivity index (χ3n) is 5.14. The standard InChI is InChI=1S/C24H34ClN5O2/c1-3-8-30(9-4-2)22-17-23(28-26-19-20-6-5-7-21(25)16-20)27-24(18-22)32-15-12-29-10-13-31-14-11-29/h5-7,16-19H,3-4,8-15H2,1-2H3,(H,27,28)/b26-19+. The number of hydrogen-bond donors (Lipinski definition) is 1. The lowest BCUT2D eigenvalue weighted by Gasteiger charge is -2.26. The van der Waals surface area contributed by atoms with Crippen LogP contribution in [-0.2, 0) is 4.74 Å². The van der Waals surface area contributed by atoms with Gasteiger partial charge < -0.3 is 14.4 Å². The molecule has 1 aromatic carbocycles. The first-order valence-electron chi connectivity index (χ1n) is 11.4. The molecule has 0 amide bonds. The lowest BCUT2D eigenvalue weighted by molar-refractivity contribution is 0.0320. The molecule has 1 aliphatic rings. The Morgan fingerprint density at radius 2 is 1.97 bits per heavy atom. The average Bonchev–Trinajstić information content (AvgIpc) is 2.80. The van der Waals surface area contributed by atoms with Crippen LogP contribution in [0.4, 0.5) is 11.5 Å². The van der Waals surface area contributed by atoms with Gasteiger partial charge in [0.05, 0.1) is 19.4 Å². The highest BCUT2D eigenvalue weighted by Crippen LogP contribution is 2.25. The number of nitrogens with one attached hydrogen (secondary N) is 1. The van der Waals surface area contributed by atoms with Gasteiger partial charge in [0.1, 0.15) is 6.61 Å². The number of pyridine rings is 1. The van der Waals surface area contributed by atoms with Gasteiger partial charge in [-0.2, -0.15) is 10.1 Å². The molecular formula is C24H34ClN5O2. The van der Waals surface area contributed by atoms with Crippen molar-refractivity contribution >= 4 is 29.3 Å². The Kier molecular flexibility index (Phi) is 10.1. The molecular weight excluding hydrogens is 426 g/mol. The molecule has 1 aliphatic heterocycles. The van der Waals surface area contributed by atoms with Crippen molar-refractivity contribution in [1.29, 1.82) is 0 Å². The van der Waals surface area contributed by atoms with Crippen LogP contribution >= 0.6 is 11.6 Å². The van der Waals surface area contributed by atoms with Gasteiger partial charge in [-0.05, 0) is 30.5 Å². The summed E-state index contributed by atoms with van der Waals surface area (Å²) in [5.74, 6) is 1.26. The molecule has 174 valence electrons. The predicted molar refractivity (Wildman–Crippen MR) is 132 cm³/mol. The minimum Gasteiger partial charge on any atom is -0.476 e. The summed E-state index contributed by atoms with van der Waals surface area (Å²) in [6.45, 7) is 11.3. The molecule has 0 unspecified atom stereocenters. The SMILES string of the molecule is CCCN(CCC)c1cc(N/N=C/c2cccc(Cl)c2)nc(OCCN2CCOCC2)c1. The third-order valence-corrected chi connectivity index (χ3v) is 5.38. The lowest BCUT2D eigenvalue weighted by Crippen LogP contribution is -2.38. The summed E-state index contributed by atoms with van der Waals surface area (Å²) >= 11 is 6.05. The number of nitrogens with zero attached hydrogens (tertiary/aromatic N) is 4. The van der Waals surface area contributed by atoms with Crippen LogP contribution in [0.3, 0.4) is 0 Å². The second kappa shape index (κ2) is 13.3. The van der Waals surface area contributed by atoms with Gasteiger partial charge in [0.2, 0.25) is 5.88 Å². The average molecular weight is 460 g/mol. The fourth-order valence-corrected chi connectivity index (χ4v) is 3.78.